The Morgan fingerprint density at radius 1 is 0.632 bits per heavy atom. The molecule has 0 spiro atoms. The van der Waals surface area contributed by atoms with Crippen molar-refractivity contribution in [2.24, 2.45) is 0 Å². The molecule has 1 unspecified atom stereocenters. The second-order valence-electron chi connectivity index (χ2n) is 7.40. The first-order valence-electron chi connectivity index (χ1n) is 9.12. The SMILES string of the molecule is C1=C\C(B2C3CCCC2CCC3)CCCCCCC/1. The van der Waals surface area contributed by atoms with Crippen molar-refractivity contribution >= 4 is 6.71 Å². The molecule has 3 aliphatic rings. The number of rotatable bonds is 1. The third kappa shape index (κ3) is 3.47. The summed E-state index contributed by atoms with van der Waals surface area (Å²) in [6.07, 6.45) is 24.7. The highest BCUT2D eigenvalue weighted by atomic mass is 14.3. The van der Waals surface area contributed by atoms with Gasteiger partial charge in [-0.05, 0) is 18.7 Å². The number of hydrogen-bond acceptors (Lipinski definition) is 0. The van der Waals surface area contributed by atoms with Gasteiger partial charge in [0.1, 0.15) is 0 Å². The predicted molar refractivity (Wildman–Crippen MR) is 86.2 cm³/mol. The van der Waals surface area contributed by atoms with Gasteiger partial charge in [0.05, 0.1) is 0 Å². The predicted octanol–water partition coefficient (Wildman–Crippen LogP) is 6.26. The fraction of sp³-hybridized carbons (Fsp3) is 0.889. The molecule has 0 nitrogen and oxygen atoms in total. The minimum Gasteiger partial charge on any atom is -0.0926 e. The van der Waals surface area contributed by atoms with Crippen LogP contribution in [0.2, 0.25) is 17.5 Å². The van der Waals surface area contributed by atoms with Crippen molar-refractivity contribution in [3.8, 4) is 0 Å². The molecule has 0 aromatic rings. The van der Waals surface area contributed by atoms with Gasteiger partial charge in [-0.2, -0.15) is 0 Å². The summed E-state index contributed by atoms with van der Waals surface area (Å²) in [5, 5.41) is 0. The van der Waals surface area contributed by atoms with Crippen LogP contribution in [0.15, 0.2) is 12.2 Å². The topological polar surface area (TPSA) is 0 Å². The first kappa shape index (κ1) is 13.8. The van der Waals surface area contributed by atoms with Crippen molar-refractivity contribution in [1.29, 1.82) is 0 Å². The molecule has 0 amide bonds. The molecule has 0 radical (unpaired) electrons. The molecule has 2 heterocycles. The van der Waals surface area contributed by atoms with Crippen molar-refractivity contribution < 1.29 is 0 Å². The lowest BCUT2D eigenvalue weighted by molar-refractivity contribution is 0.434. The Balaban J connectivity index is 1.69. The molecule has 1 heteroatoms. The molecular formula is C18H31B. The lowest BCUT2D eigenvalue weighted by Crippen LogP contribution is -2.38. The van der Waals surface area contributed by atoms with E-state index in [1.54, 1.807) is 25.7 Å². The van der Waals surface area contributed by atoms with Crippen molar-refractivity contribution in [3.63, 3.8) is 0 Å². The third-order valence-electron chi connectivity index (χ3n) is 6.17. The third-order valence-corrected chi connectivity index (χ3v) is 6.17. The molecule has 0 N–H and O–H groups in total. The summed E-state index contributed by atoms with van der Waals surface area (Å²) < 4.78 is 0. The van der Waals surface area contributed by atoms with E-state index in [2.05, 4.69) is 12.2 Å². The van der Waals surface area contributed by atoms with E-state index in [-0.39, 0.29) is 0 Å². The van der Waals surface area contributed by atoms with Crippen molar-refractivity contribution in [1.82, 2.24) is 0 Å². The Morgan fingerprint density at radius 3 is 2.00 bits per heavy atom. The van der Waals surface area contributed by atoms with Crippen LogP contribution >= 0.6 is 0 Å². The maximum Gasteiger partial charge on any atom is 0.153 e. The molecule has 2 fully saturated rings. The molecular weight excluding hydrogens is 227 g/mol. The number of hydrogen-bond donors (Lipinski definition) is 0. The summed E-state index contributed by atoms with van der Waals surface area (Å²) in [6.45, 7) is 1.07. The summed E-state index contributed by atoms with van der Waals surface area (Å²) in [5.74, 6) is 3.11. The summed E-state index contributed by atoms with van der Waals surface area (Å²) in [4.78, 5) is 0. The Kier molecular flexibility index (Phi) is 5.07. The van der Waals surface area contributed by atoms with Crippen LogP contribution in [0, 0.1) is 0 Å². The normalized spacial score (nSPS) is 38.7. The van der Waals surface area contributed by atoms with Crippen LogP contribution in [0.1, 0.15) is 83.5 Å². The molecule has 19 heavy (non-hydrogen) atoms. The van der Waals surface area contributed by atoms with Crippen LogP contribution in [0.3, 0.4) is 0 Å². The standard InChI is InChI=1S/C18H31B/c1-2-4-6-10-16(11-7-5-3-1)19-17-12-8-13-18(19)15-9-14-17/h6,10,16-18H,1-5,7-9,11-15H2/b10-6-. The molecule has 0 saturated carbocycles. The van der Waals surface area contributed by atoms with Crippen LogP contribution in [-0.4, -0.2) is 6.71 Å². The van der Waals surface area contributed by atoms with Gasteiger partial charge >= 0.3 is 0 Å². The lowest BCUT2D eigenvalue weighted by atomic mass is 9.22. The van der Waals surface area contributed by atoms with Gasteiger partial charge in [-0.25, -0.2) is 0 Å². The van der Waals surface area contributed by atoms with Gasteiger partial charge in [-0.1, -0.05) is 94.4 Å². The average molecular weight is 258 g/mol. The molecule has 0 aromatic heterocycles. The fourth-order valence-corrected chi connectivity index (χ4v) is 5.29. The minimum atomic E-state index is 0.939. The summed E-state index contributed by atoms with van der Waals surface area (Å²) in [7, 11) is 0. The van der Waals surface area contributed by atoms with Crippen molar-refractivity contribution in [2.45, 2.75) is 101 Å². The molecule has 1 atom stereocenters. The highest BCUT2D eigenvalue weighted by Crippen LogP contribution is 2.51. The molecule has 3 rings (SSSR count). The van der Waals surface area contributed by atoms with Gasteiger partial charge in [0.25, 0.3) is 0 Å². The van der Waals surface area contributed by atoms with Gasteiger partial charge in [0.15, 0.2) is 6.71 Å². The van der Waals surface area contributed by atoms with Crippen LogP contribution in [0.25, 0.3) is 0 Å². The maximum atomic E-state index is 2.66. The Hall–Kier alpha value is -0.195. The van der Waals surface area contributed by atoms with Gasteiger partial charge in [0.2, 0.25) is 0 Å². The van der Waals surface area contributed by atoms with E-state index in [0.29, 0.717) is 0 Å². The fourth-order valence-electron chi connectivity index (χ4n) is 5.29. The van der Waals surface area contributed by atoms with Gasteiger partial charge in [-0.15, -0.1) is 0 Å². The Morgan fingerprint density at radius 2 is 1.26 bits per heavy atom. The quantitative estimate of drug-likeness (QED) is 0.384. The molecule has 2 aliphatic heterocycles. The zero-order valence-corrected chi connectivity index (χ0v) is 12.7. The lowest BCUT2D eigenvalue weighted by Gasteiger charge is -2.44. The zero-order chi connectivity index (χ0) is 12.9. The van der Waals surface area contributed by atoms with Crippen LogP contribution in [0.4, 0.5) is 0 Å². The van der Waals surface area contributed by atoms with E-state index >= 15 is 0 Å². The Labute approximate surface area is 120 Å². The van der Waals surface area contributed by atoms with E-state index in [4.69, 9.17) is 0 Å². The first-order chi connectivity index (χ1) is 9.45. The summed E-state index contributed by atoms with van der Waals surface area (Å²) in [6, 6.07) is 0. The van der Waals surface area contributed by atoms with E-state index in [1.165, 1.54) is 57.8 Å². The largest absolute Gasteiger partial charge is 0.153 e. The second kappa shape index (κ2) is 7.00. The van der Waals surface area contributed by atoms with Gasteiger partial charge < -0.3 is 0 Å². The van der Waals surface area contributed by atoms with E-state index < -0.39 is 0 Å². The van der Waals surface area contributed by atoms with Gasteiger partial charge in [-0.3, -0.25) is 0 Å². The first-order valence-corrected chi connectivity index (χ1v) is 9.12. The van der Waals surface area contributed by atoms with Crippen LogP contribution in [0.5, 0.6) is 0 Å². The maximum absolute atomic E-state index is 2.66. The smallest absolute Gasteiger partial charge is 0.0926 e. The highest BCUT2D eigenvalue weighted by molar-refractivity contribution is 6.64. The zero-order valence-electron chi connectivity index (χ0n) is 12.7. The molecule has 0 aromatic carbocycles. The summed E-state index contributed by atoms with van der Waals surface area (Å²) in [5.41, 5.74) is 0. The Bertz CT molecular complexity index is 274. The molecule has 106 valence electrons. The van der Waals surface area contributed by atoms with Crippen molar-refractivity contribution in [3.05, 3.63) is 12.2 Å². The minimum absolute atomic E-state index is 0.939. The molecule has 2 bridgehead atoms. The number of allylic oxidation sites excluding steroid dienone is 2. The molecule has 2 saturated heterocycles. The van der Waals surface area contributed by atoms with Crippen molar-refractivity contribution in [2.75, 3.05) is 0 Å². The molecule has 1 aliphatic carbocycles. The number of fused-ring (bicyclic) bond motifs is 2. The van der Waals surface area contributed by atoms with E-state index in [9.17, 15) is 0 Å². The highest BCUT2D eigenvalue weighted by Gasteiger charge is 2.42. The van der Waals surface area contributed by atoms with Crippen LogP contribution in [-0.2, 0) is 0 Å². The second-order valence-corrected chi connectivity index (χ2v) is 7.40. The monoisotopic (exact) mass is 258 g/mol. The van der Waals surface area contributed by atoms with E-state index in [0.717, 1.165) is 24.2 Å². The van der Waals surface area contributed by atoms with Gasteiger partial charge in [0, 0.05) is 0 Å². The average Bonchev–Trinajstić information content (AvgIpc) is 2.44. The van der Waals surface area contributed by atoms with Crippen LogP contribution < -0.4 is 0 Å². The summed E-state index contributed by atoms with van der Waals surface area (Å²) >= 11 is 0. The van der Waals surface area contributed by atoms with E-state index in [1.807, 2.05) is 0 Å².